The predicted molar refractivity (Wildman–Crippen MR) is 131 cm³/mol. The summed E-state index contributed by atoms with van der Waals surface area (Å²) in [5.41, 5.74) is 1.35. The first-order valence-electron chi connectivity index (χ1n) is 11.6. The minimum absolute atomic E-state index is 0.0226. The van der Waals surface area contributed by atoms with Gasteiger partial charge in [0.15, 0.2) is 0 Å². The molecule has 0 aliphatic carbocycles. The zero-order valence-electron chi connectivity index (χ0n) is 19.4. The van der Waals surface area contributed by atoms with Crippen LogP contribution in [0.4, 0.5) is 33.9 Å². The highest BCUT2D eigenvalue weighted by molar-refractivity contribution is 9.10. The number of urea groups is 1. The quantitative estimate of drug-likeness (QED) is 0.380. The Kier molecular flexibility index (Phi) is 6.44. The van der Waals surface area contributed by atoms with E-state index in [0.29, 0.717) is 44.0 Å². The normalized spacial score (nSPS) is 17.1. The third-order valence-corrected chi connectivity index (χ3v) is 7.68. The van der Waals surface area contributed by atoms with Gasteiger partial charge in [-0.1, -0.05) is 34.1 Å². The zero-order valence-corrected chi connectivity index (χ0v) is 21.0. The average molecular weight is 566 g/mol. The van der Waals surface area contributed by atoms with Gasteiger partial charge in [0.25, 0.3) is 0 Å². The number of para-hydroxylation sites is 1. The van der Waals surface area contributed by atoms with Crippen LogP contribution in [0.15, 0.2) is 47.1 Å². The summed E-state index contributed by atoms with van der Waals surface area (Å²) >= 11 is 3.24. The van der Waals surface area contributed by atoms with Gasteiger partial charge in [-0.05, 0) is 49.1 Å². The highest BCUT2D eigenvalue weighted by Gasteiger charge is 2.40. The number of carbonyl (C=O) groups is 1. The maximum atomic E-state index is 14.5. The standard InChI is InChI=1S/C25H24BrF4N5O/c1-15-4-2-7-21(27)22(15)33-10-8-17(9-11-33)34-13-16-12-31-32-23(16)35(24(34)36)14-18-19(25(28,29)30)5-3-6-20(18)26/h2-7,12,17H,8-11,13-14H2,1H3,(H,31,32). The molecule has 36 heavy (non-hydrogen) atoms. The number of aromatic amines is 1. The second kappa shape index (κ2) is 9.42. The number of carbonyl (C=O) groups excluding carboxylic acids is 1. The number of halogens is 5. The molecule has 190 valence electrons. The van der Waals surface area contributed by atoms with Gasteiger partial charge in [0.1, 0.15) is 11.6 Å². The molecule has 11 heteroatoms. The lowest BCUT2D eigenvalue weighted by atomic mass is 10.00. The monoisotopic (exact) mass is 565 g/mol. The lowest BCUT2D eigenvalue weighted by molar-refractivity contribution is -0.138. The van der Waals surface area contributed by atoms with Crippen molar-refractivity contribution in [2.45, 2.75) is 45.1 Å². The first-order chi connectivity index (χ1) is 17.1. The number of piperidine rings is 1. The summed E-state index contributed by atoms with van der Waals surface area (Å²) in [6, 6.07) is 8.36. The molecule has 3 heterocycles. The summed E-state index contributed by atoms with van der Waals surface area (Å²) in [6.45, 7) is 3.04. The third-order valence-electron chi connectivity index (χ3n) is 6.93. The molecule has 2 aliphatic heterocycles. The van der Waals surface area contributed by atoms with E-state index < -0.39 is 11.7 Å². The summed E-state index contributed by atoms with van der Waals surface area (Å²) in [5.74, 6) is 0.130. The van der Waals surface area contributed by atoms with E-state index in [4.69, 9.17) is 0 Å². The van der Waals surface area contributed by atoms with Crippen LogP contribution in [0, 0.1) is 12.7 Å². The molecule has 2 aromatic carbocycles. The molecule has 1 N–H and O–H groups in total. The van der Waals surface area contributed by atoms with Gasteiger partial charge in [0, 0.05) is 29.2 Å². The van der Waals surface area contributed by atoms with Crippen molar-refractivity contribution in [1.29, 1.82) is 0 Å². The summed E-state index contributed by atoms with van der Waals surface area (Å²) in [7, 11) is 0. The molecule has 5 rings (SSSR count). The van der Waals surface area contributed by atoms with Crippen molar-refractivity contribution >= 4 is 33.5 Å². The van der Waals surface area contributed by atoms with Gasteiger partial charge < -0.3 is 9.80 Å². The largest absolute Gasteiger partial charge is 0.416 e. The SMILES string of the molecule is Cc1cccc(F)c1N1CCC(N2Cc3cn[nH]c3N(Cc3c(Br)cccc3C(F)(F)F)C2=O)CC1. The number of hydrogen-bond acceptors (Lipinski definition) is 3. The lowest BCUT2D eigenvalue weighted by Crippen LogP contribution is -2.54. The first-order valence-corrected chi connectivity index (χ1v) is 12.4. The average Bonchev–Trinajstić information content (AvgIpc) is 3.30. The number of benzene rings is 2. The number of nitrogens with zero attached hydrogens (tertiary/aromatic N) is 4. The molecule has 1 fully saturated rings. The van der Waals surface area contributed by atoms with E-state index in [0.717, 1.165) is 17.2 Å². The van der Waals surface area contributed by atoms with Crippen molar-refractivity contribution in [2.24, 2.45) is 0 Å². The van der Waals surface area contributed by atoms with E-state index in [1.54, 1.807) is 17.2 Å². The molecule has 2 amide bonds. The molecule has 2 aliphatic rings. The molecular weight excluding hydrogens is 542 g/mol. The van der Waals surface area contributed by atoms with Crippen LogP contribution in [0.1, 0.15) is 35.1 Å². The molecule has 6 nitrogen and oxygen atoms in total. The van der Waals surface area contributed by atoms with Crippen molar-refractivity contribution in [2.75, 3.05) is 22.9 Å². The summed E-state index contributed by atoms with van der Waals surface area (Å²) in [5, 5.41) is 6.83. The molecule has 0 radical (unpaired) electrons. The summed E-state index contributed by atoms with van der Waals surface area (Å²) < 4.78 is 55.9. The molecule has 1 saturated heterocycles. The Hall–Kier alpha value is -3.08. The number of aryl methyl sites for hydroxylation is 1. The number of aromatic nitrogens is 2. The van der Waals surface area contributed by atoms with Crippen molar-refractivity contribution in [3.63, 3.8) is 0 Å². The van der Waals surface area contributed by atoms with E-state index >= 15 is 0 Å². The highest BCUT2D eigenvalue weighted by atomic mass is 79.9. The maximum Gasteiger partial charge on any atom is 0.416 e. The van der Waals surface area contributed by atoms with Crippen molar-refractivity contribution in [3.05, 3.63) is 75.1 Å². The second-order valence-electron chi connectivity index (χ2n) is 9.13. The number of H-pyrrole nitrogens is 1. The van der Waals surface area contributed by atoms with Crippen LogP contribution in [0.3, 0.4) is 0 Å². The Bertz CT molecular complexity index is 1270. The van der Waals surface area contributed by atoms with Crippen LogP contribution in [0.25, 0.3) is 0 Å². The smallest absolute Gasteiger partial charge is 0.369 e. The van der Waals surface area contributed by atoms with Crippen LogP contribution in [-0.4, -0.2) is 40.3 Å². The molecule has 0 spiro atoms. The maximum absolute atomic E-state index is 14.5. The molecule has 0 saturated carbocycles. The van der Waals surface area contributed by atoms with Crippen molar-refractivity contribution in [1.82, 2.24) is 15.1 Å². The second-order valence-corrected chi connectivity index (χ2v) is 9.98. The van der Waals surface area contributed by atoms with Gasteiger partial charge in [-0.2, -0.15) is 18.3 Å². The third kappa shape index (κ3) is 4.44. The molecule has 1 aromatic heterocycles. The van der Waals surface area contributed by atoms with Gasteiger partial charge >= 0.3 is 12.2 Å². The molecule has 0 atom stereocenters. The van der Waals surface area contributed by atoms with Crippen LogP contribution in [0.2, 0.25) is 0 Å². The Morgan fingerprint density at radius 2 is 1.86 bits per heavy atom. The van der Waals surface area contributed by atoms with Gasteiger partial charge in [-0.15, -0.1) is 0 Å². The summed E-state index contributed by atoms with van der Waals surface area (Å²) in [6.07, 6.45) is -1.73. The fourth-order valence-electron chi connectivity index (χ4n) is 5.16. The fraction of sp³-hybridized carbons (Fsp3) is 0.360. The summed E-state index contributed by atoms with van der Waals surface area (Å²) in [4.78, 5) is 18.7. The van der Waals surface area contributed by atoms with Gasteiger partial charge in [0.05, 0.1) is 30.5 Å². The zero-order chi connectivity index (χ0) is 25.6. The predicted octanol–water partition coefficient (Wildman–Crippen LogP) is 6.25. The minimum Gasteiger partial charge on any atom is -0.369 e. The Labute approximate surface area is 214 Å². The highest BCUT2D eigenvalue weighted by Crippen LogP contribution is 2.38. The number of amides is 2. The van der Waals surface area contributed by atoms with E-state index in [1.807, 2.05) is 17.9 Å². The van der Waals surface area contributed by atoms with Crippen molar-refractivity contribution < 1.29 is 22.4 Å². The fourth-order valence-corrected chi connectivity index (χ4v) is 5.65. The number of hydrogen-bond donors (Lipinski definition) is 1. The Morgan fingerprint density at radius 1 is 1.14 bits per heavy atom. The van der Waals surface area contributed by atoms with E-state index in [-0.39, 0.29) is 34.5 Å². The number of rotatable bonds is 4. The van der Waals surface area contributed by atoms with Crippen LogP contribution >= 0.6 is 15.9 Å². The molecule has 3 aromatic rings. The van der Waals surface area contributed by atoms with Crippen molar-refractivity contribution in [3.8, 4) is 0 Å². The van der Waals surface area contributed by atoms with Crippen LogP contribution in [-0.2, 0) is 19.3 Å². The number of fused-ring (bicyclic) bond motifs is 1. The molecule has 0 unspecified atom stereocenters. The van der Waals surface area contributed by atoms with Crippen LogP contribution < -0.4 is 9.80 Å². The lowest BCUT2D eigenvalue weighted by Gasteiger charge is -2.43. The molecule has 0 bridgehead atoms. The topological polar surface area (TPSA) is 55.5 Å². The Morgan fingerprint density at radius 3 is 2.56 bits per heavy atom. The number of anilines is 2. The van der Waals surface area contributed by atoms with Gasteiger partial charge in [-0.25, -0.2) is 9.18 Å². The Balaban J connectivity index is 1.39. The number of nitrogens with one attached hydrogen (secondary N) is 1. The first kappa shape index (κ1) is 24.6. The van der Waals surface area contributed by atoms with E-state index in [2.05, 4.69) is 26.1 Å². The minimum atomic E-state index is -4.56. The van der Waals surface area contributed by atoms with E-state index in [1.165, 1.54) is 23.1 Å². The number of alkyl halides is 3. The van der Waals surface area contributed by atoms with Gasteiger partial charge in [-0.3, -0.25) is 10.00 Å². The molecular formula is C25H24BrF4N5O. The van der Waals surface area contributed by atoms with E-state index in [9.17, 15) is 22.4 Å². The van der Waals surface area contributed by atoms with Crippen LogP contribution in [0.5, 0.6) is 0 Å². The van der Waals surface area contributed by atoms with Gasteiger partial charge in [0.2, 0.25) is 0 Å².